The number of halogens is 1. The summed E-state index contributed by atoms with van der Waals surface area (Å²) in [5.74, 6) is 0.113. The lowest BCUT2D eigenvalue weighted by Crippen LogP contribution is -2.48. The maximum atomic E-state index is 12.9. The van der Waals surface area contributed by atoms with Crippen LogP contribution in [0.3, 0.4) is 0 Å². The van der Waals surface area contributed by atoms with Crippen molar-refractivity contribution in [3.8, 4) is 0 Å². The van der Waals surface area contributed by atoms with Crippen LogP contribution in [0.1, 0.15) is 24.8 Å². The number of amides is 1. The van der Waals surface area contributed by atoms with E-state index in [4.69, 9.17) is 0 Å². The second kappa shape index (κ2) is 6.21. The average Bonchev–Trinajstić information content (AvgIpc) is 2.91. The highest BCUT2D eigenvalue weighted by molar-refractivity contribution is 5.83. The highest BCUT2D eigenvalue weighted by atomic mass is 19.1. The molecule has 22 heavy (non-hydrogen) atoms. The molecule has 0 saturated carbocycles. The SMILES string of the molecule is CN1CCCC2(CCN(CC=Cc3ccc(F)cc3)C2)C1=O. The Labute approximate surface area is 131 Å². The van der Waals surface area contributed by atoms with Gasteiger partial charge in [0.25, 0.3) is 0 Å². The molecule has 1 atom stereocenters. The predicted octanol–water partition coefficient (Wildman–Crippen LogP) is 2.78. The summed E-state index contributed by atoms with van der Waals surface area (Å²) in [7, 11) is 1.92. The van der Waals surface area contributed by atoms with E-state index in [2.05, 4.69) is 11.0 Å². The molecule has 118 valence electrons. The van der Waals surface area contributed by atoms with Crippen LogP contribution in [0.2, 0.25) is 0 Å². The lowest BCUT2D eigenvalue weighted by molar-refractivity contribution is -0.143. The fourth-order valence-corrected chi connectivity index (χ4v) is 3.67. The zero-order chi connectivity index (χ0) is 15.6. The Morgan fingerprint density at radius 3 is 2.77 bits per heavy atom. The molecule has 0 bridgehead atoms. The maximum absolute atomic E-state index is 12.9. The van der Waals surface area contributed by atoms with Crippen LogP contribution in [0.5, 0.6) is 0 Å². The van der Waals surface area contributed by atoms with Gasteiger partial charge in [0.05, 0.1) is 5.41 Å². The zero-order valence-electron chi connectivity index (χ0n) is 13.1. The summed E-state index contributed by atoms with van der Waals surface area (Å²) in [4.78, 5) is 16.7. The monoisotopic (exact) mass is 302 g/mol. The minimum absolute atomic E-state index is 0.142. The van der Waals surface area contributed by atoms with Gasteiger partial charge < -0.3 is 4.90 Å². The first-order valence-electron chi connectivity index (χ1n) is 7.99. The molecular weight excluding hydrogens is 279 g/mol. The fourth-order valence-electron chi connectivity index (χ4n) is 3.67. The van der Waals surface area contributed by atoms with Gasteiger partial charge in [0.1, 0.15) is 5.82 Å². The molecule has 3 rings (SSSR count). The number of hydrogen-bond acceptors (Lipinski definition) is 2. The van der Waals surface area contributed by atoms with Gasteiger partial charge in [-0.15, -0.1) is 0 Å². The molecule has 2 aliphatic heterocycles. The van der Waals surface area contributed by atoms with Gasteiger partial charge in [-0.3, -0.25) is 9.69 Å². The van der Waals surface area contributed by atoms with E-state index < -0.39 is 0 Å². The molecule has 0 radical (unpaired) electrons. The van der Waals surface area contributed by atoms with Crippen LogP contribution in [0.25, 0.3) is 6.08 Å². The number of nitrogens with zero attached hydrogens (tertiary/aromatic N) is 2. The molecule has 1 aromatic carbocycles. The third kappa shape index (κ3) is 3.07. The van der Waals surface area contributed by atoms with Crippen LogP contribution in [0.15, 0.2) is 30.3 Å². The van der Waals surface area contributed by atoms with Gasteiger partial charge >= 0.3 is 0 Å². The van der Waals surface area contributed by atoms with Gasteiger partial charge in [0, 0.05) is 26.7 Å². The number of piperidine rings is 1. The smallest absolute Gasteiger partial charge is 0.229 e. The van der Waals surface area contributed by atoms with Gasteiger partial charge in [0.15, 0.2) is 0 Å². The summed E-state index contributed by atoms with van der Waals surface area (Å²) in [5, 5.41) is 0. The number of carbonyl (C=O) groups excluding carboxylic acids is 1. The van der Waals surface area contributed by atoms with Crippen molar-refractivity contribution < 1.29 is 9.18 Å². The topological polar surface area (TPSA) is 23.6 Å². The van der Waals surface area contributed by atoms with Crippen LogP contribution >= 0.6 is 0 Å². The highest BCUT2D eigenvalue weighted by Gasteiger charge is 2.46. The molecule has 1 spiro atoms. The number of likely N-dealkylation sites (tertiary alicyclic amines) is 2. The molecule has 1 amide bonds. The van der Waals surface area contributed by atoms with Crippen LogP contribution in [-0.4, -0.2) is 48.9 Å². The molecule has 0 aromatic heterocycles. The Balaban J connectivity index is 1.57. The summed E-state index contributed by atoms with van der Waals surface area (Å²) < 4.78 is 12.9. The number of carbonyl (C=O) groups is 1. The van der Waals surface area contributed by atoms with Crippen LogP contribution in [-0.2, 0) is 4.79 Å². The Morgan fingerprint density at radius 2 is 2.00 bits per heavy atom. The largest absolute Gasteiger partial charge is 0.345 e. The zero-order valence-corrected chi connectivity index (χ0v) is 13.1. The fraction of sp³-hybridized carbons (Fsp3) is 0.500. The minimum atomic E-state index is -0.210. The van der Waals surface area contributed by atoms with Crippen molar-refractivity contribution in [1.29, 1.82) is 0 Å². The quantitative estimate of drug-likeness (QED) is 0.857. The first-order chi connectivity index (χ1) is 10.6. The molecule has 1 aromatic rings. The standard InChI is InChI=1S/C18H23FN2O/c1-20-11-3-9-18(17(20)22)10-13-21(14-18)12-2-4-15-5-7-16(19)8-6-15/h2,4-8H,3,9-14H2,1H3. The van der Waals surface area contributed by atoms with E-state index in [1.807, 2.05) is 18.0 Å². The predicted molar refractivity (Wildman–Crippen MR) is 85.8 cm³/mol. The van der Waals surface area contributed by atoms with Crippen molar-refractivity contribution >= 4 is 12.0 Å². The summed E-state index contributed by atoms with van der Waals surface area (Å²) >= 11 is 0. The summed E-state index contributed by atoms with van der Waals surface area (Å²) in [6.45, 7) is 3.58. The molecule has 2 fully saturated rings. The highest BCUT2D eigenvalue weighted by Crippen LogP contribution is 2.39. The van der Waals surface area contributed by atoms with Crippen molar-refractivity contribution in [2.24, 2.45) is 5.41 Å². The summed E-state index contributed by atoms with van der Waals surface area (Å²) in [6.07, 6.45) is 7.22. The second-order valence-electron chi connectivity index (χ2n) is 6.55. The van der Waals surface area contributed by atoms with Crippen molar-refractivity contribution in [2.75, 3.05) is 33.2 Å². The van der Waals surface area contributed by atoms with Crippen LogP contribution in [0, 0.1) is 11.2 Å². The molecule has 2 aliphatic rings. The molecule has 1 unspecified atom stereocenters. The molecular formula is C18H23FN2O. The third-order valence-corrected chi connectivity index (χ3v) is 4.93. The minimum Gasteiger partial charge on any atom is -0.345 e. The Morgan fingerprint density at radius 1 is 1.23 bits per heavy atom. The summed E-state index contributed by atoms with van der Waals surface area (Å²) in [5.41, 5.74) is 0.861. The first-order valence-corrected chi connectivity index (χ1v) is 7.99. The molecule has 0 N–H and O–H groups in total. The average molecular weight is 302 g/mol. The first kappa shape index (κ1) is 15.2. The van der Waals surface area contributed by atoms with Gasteiger partial charge in [-0.1, -0.05) is 24.3 Å². The third-order valence-electron chi connectivity index (χ3n) is 4.93. The van der Waals surface area contributed by atoms with E-state index in [9.17, 15) is 9.18 Å². The molecule has 2 saturated heterocycles. The van der Waals surface area contributed by atoms with E-state index in [-0.39, 0.29) is 11.2 Å². The molecule has 4 heteroatoms. The van der Waals surface area contributed by atoms with Gasteiger partial charge in [-0.2, -0.15) is 0 Å². The van der Waals surface area contributed by atoms with Crippen LogP contribution < -0.4 is 0 Å². The van der Waals surface area contributed by atoms with Gasteiger partial charge in [0.2, 0.25) is 5.91 Å². The van der Waals surface area contributed by atoms with Gasteiger partial charge in [-0.05, 0) is 43.5 Å². The van der Waals surface area contributed by atoms with Crippen LogP contribution in [0.4, 0.5) is 4.39 Å². The van der Waals surface area contributed by atoms with E-state index >= 15 is 0 Å². The number of hydrogen-bond donors (Lipinski definition) is 0. The summed E-state index contributed by atoms with van der Waals surface area (Å²) in [6, 6.07) is 6.50. The molecule has 3 nitrogen and oxygen atoms in total. The Hall–Kier alpha value is -1.68. The normalized spacial score (nSPS) is 26.5. The Kier molecular flexibility index (Phi) is 4.30. The lowest BCUT2D eigenvalue weighted by atomic mass is 9.78. The van der Waals surface area contributed by atoms with Crippen molar-refractivity contribution in [2.45, 2.75) is 19.3 Å². The van der Waals surface area contributed by atoms with E-state index in [0.717, 1.165) is 51.0 Å². The molecule has 2 heterocycles. The van der Waals surface area contributed by atoms with Crippen molar-refractivity contribution in [3.05, 3.63) is 41.7 Å². The van der Waals surface area contributed by atoms with Crippen molar-refractivity contribution in [1.82, 2.24) is 9.80 Å². The van der Waals surface area contributed by atoms with Gasteiger partial charge in [-0.25, -0.2) is 4.39 Å². The molecule has 0 aliphatic carbocycles. The number of rotatable bonds is 3. The lowest BCUT2D eigenvalue weighted by Gasteiger charge is -2.37. The van der Waals surface area contributed by atoms with E-state index in [0.29, 0.717) is 5.91 Å². The Bertz CT molecular complexity index is 569. The maximum Gasteiger partial charge on any atom is 0.229 e. The number of benzene rings is 1. The van der Waals surface area contributed by atoms with E-state index in [1.165, 1.54) is 12.1 Å². The van der Waals surface area contributed by atoms with E-state index in [1.54, 1.807) is 12.1 Å². The van der Waals surface area contributed by atoms with Crippen molar-refractivity contribution in [3.63, 3.8) is 0 Å². The second-order valence-corrected chi connectivity index (χ2v) is 6.55.